The van der Waals surface area contributed by atoms with E-state index >= 15 is 0 Å². The molecule has 2 atom stereocenters. The molecule has 0 saturated carbocycles. The third-order valence-corrected chi connectivity index (χ3v) is 2.91. The molecule has 2 unspecified atom stereocenters. The van der Waals surface area contributed by atoms with Crippen LogP contribution in [0.15, 0.2) is 0 Å². The van der Waals surface area contributed by atoms with Gasteiger partial charge >= 0.3 is 0 Å². The molecule has 3 nitrogen and oxygen atoms in total. The highest BCUT2D eigenvalue weighted by molar-refractivity contribution is 5.89. The number of hydrogen-bond donors (Lipinski definition) is 2. The summed E-state index contributed by atoms with van der Waals surface area (Å²) in [6.45, 7) is 3.93. The lowest BCUT2D eigenvalue weighted by atomic mass is 9.73. The Bertz CT molecular complexity index is 183. The van der Waals surface area contributed by atoms with Crippen LogP contribution in [0, 0.1) is 5.41 Å². The summed E-state index contributed by atoms with van der Waals surface area (Å²) in [4.78, 5) is 11.2. The largest absolute Gasteiger partial charge is 0.354 e. The standard InChI is InChI=1S/C8H14N2O/c1-6-2-3-8(4-9-6)5-10-7(8)11/h6,9H,2-5H2,1H3,(H,10,11). The van der Waals surface area contributed by atoms with E-state index in [0.29, 0.717) is 6.04 Å². The third-order valence-electron chi connectivity index (χ3n) is 2.91. The van der Waals surface area contributed by atoms with Crippen LogP contribution in [-0.4, -0.2) is 25.0 Å². The molecule has 11 heavy (non-hydrogen) atoms. The van der Waals surface area contributed by atoms with Crippen molar-refractivity contribution in [2.45, 2.75) is 25.8 Å². The van der Waals surface area contributed by atoms with E-state index in [9.17, 15) is 4.79 Å². The highest BCUT2D eigenvalue weighted by Crippen LogP contribution is 2.32. The van der Waals surface area contributed by atoms with Crippen molar-refractivity contribution in [3.05, 3.63) is 0 Å². The Morgan fingerprint density at radius 3 is 2.73 bits per heavy atom. The van der Waals surface area contributed by atoms with Gasteiger partial charge in [-0.05, 0) is 19.8 Å². The lowest BCUT2D eigenvalue weighted by Gasteiger charge is -2.45. The molecular formula is C8H14N2O. The normalized spacial score (nSPS) is 43.4. The topological polar surface area (TPSA) is 41.1 Å². The molecule has 1 amide bonds. The fourth-order valence-corrected chi connectivity index (χ4v) is 1.81. The minimum atomic E-state index is -0.0213. The molecule has 0 aromatic rings. The second-order valence-corrected chi connectivity index (χ2v) is 3.78. The van der Waals surface area contributed by atoms with Crippen LogP contribution in [0.25, 0.3) is 0 Å². The fourth-order valence-electron chi connectivity index (χ4n) is 1.81. The minimum Gasteiger partial charge on any atom is -0.354 e. The summed E-state index contributed by atoms with van der Waals surface area (Å²) in [5.41, 5.74) is -0.0213. The Morgan fingerprint density at radius 2 is 2.36 bits per heavy atom. The molecule has 1 spiro atoms. The predicted molar refractivity (Wildman–Crippen MR) is 42.1 cm³/mol. The number of carbonyl (C=O) groups excluding carboxylic acids is 1. The summed E-state index contributed by atoms with van der Waals surface area (Å²) in [7, 11) is 0. The zero-order valence-electron chi connectivity index (χ0n) is 6.81. The highest BCUT2D eigenvalue weighted by Gasteiger charge is 2.47. The van der Waals surface area contributed by atoms with Gasteiger partial charge in [0.2, 0.25) is 5.91 Å². The Balaban J connectivity index is 2.01. The van der Waals surface area contributed by atoms with Gasteiger partial charge < -0.3 is 10.6 Å². The molecule has 3 heteroatoms. The van der Waals surface area contributed by atoms with E-state index in [0.717, 1.165) is 25.9 Å². The first kappa shape index (κ1) is 7.10. The van der Waals surface area contributed by atoms with Crippen LogP contribution in [0.5, 0.6) is 0 Å². The van der Waals surface area contributed by atoms with Crippen molar-refractivity contribution in [1.82, 2.24) is 10.6 Å². The van der Waals surface area contributed by atoms with Crippen LogP contribution >= 0.6 is 0 Å². The Morgan fingerprint density at radius 1 is 1.55 bits per heavy atom. The van der Waals surface area contributed by atoms with Crippen LogP contribution in [0.4, 0.5) is 0 Å². The first-order chi connectivity index (χ1) is 5.23. The SMILES string of the molecule is CC1CCC2(CNC2=O)CN1. The summed E-state index contributed by atoms with van der Waals surface area (Å²) < 4.78 is 0. The Hall–Kier alpha value is -0.570. The monoisotopic (exact) mass is 154 g/mol. The number of carbonyl (C=O) groups is 1. The molecule has 2 heterocycles. The van der Waals surface area contributed by atoms with Crippen LogP contribution in [0.3, 0.4) is 0 Å². The van der Waals surface area contributed by atoms with Crippen LogP contribution in [0.1, 0.15) is 19.8 Å². The van der Waals surface area contributed by atoms with E-state index in [4.69, 9.17) is 0 Å². The van der Waals surface area contributed by atoms with E-state index in [1.807, 2.05) is 0 Å². The lowest BCUT2D eigenvalue weighted by Crippen LogP contribution is -2.65. The molecule has 2 saturated heterocycles. The molecule has 0 radical (unpaired) electrons. The van der Waals surface area contributed by atoms with Gasteiger partial charge in [0, 0.05) is 19.1 Å². The maximum atomic E-state index is 11.2. The van der Waals surface area contributed by atoms with Crippen molar-refractivity contribution < 1.29 is 4.79 Å². The molecule has 2 fully saturated rings. The van der Waals surface area contributed by atoms with Crippen molar-refractivity contribution >= 4 is 5.91 Å². The quantitative estimate of drug-likeness (QED) is 0.477. The number of piperidine rings is 1. The van der Waals surface area contributed by atoms with Crippen molar-refractivity contribution in [1.29, 1.82) is 0 Å². The fraction of sp³-hybridized carbons (Fsp3) is 0.875. The van der Waals surface area contributed by atoms with Crippen molar-refractivity contribution in [2.24, 2.45) is 5.41 Å². The zero-order valence-corrected chi connectivity index (χ0v) is 6.81. The highest BCUT2D eigenvalue weighted by atomic mass is 16.2. The zero-order chi connectivity index (χ0) is 7.90. The number of β-lactam (4-membered cyclic amide) rings is 1. The molecule has 2 aliphatic heterocycles. The van der Waals surface area contributed by atoms with Gasteiger partial charge in [0.25, 0.3) is 0 Å². The average molecular weight is 154 g/mol. The summed E-state index contributed by atoms with van der Waals surface area (Å²) in [5, 5.41) is 6.15. The maximum absolute atomic E-state index is 11.2. The summed E-state index contributed by atoms with van der Waals surface area (Å²) in [6, 6.07) is 0.592. The number of amides is 1. The number of nitrogens with one attached hydrogen (secondary N) is 2. The Kier molecular flexibility index (Phi) is 1.42. The first-order valence-electron chi connectivity index (χ1n) is 4.25. The van der Waals surface area contributed by atoms with Gasteiger partial charge in [-0.1, -0.05) is 0 Å². The average Bonchev–Trinajstić information content (AvgIpc) is 2.03. The van der Waals surface area contributed by atoms with Crippen molar-refractivity contribution in [3.8, 4) is 0 Å². The molecule has 2 rings (SSSR count). The summed E-state index contributed by atoms with van der Waals surface area (Å²) in [6.07, 6.45) is 2.19. The molecule has 2 aliphatic rings. The summed E-state index contributed by atoms with van der Waals surface area (Å²) in [5.74, 6) is 0.247. The van der Waals surface area contributed by atoms with Crippen molar-refractivity contribution in [3.63, 3.8) is 0 Å². The van der Waals surface area contributed by atoms with E-state index in [-0.39, 0.29) is 11.3 Å². The third kappa shape index (κ3) is 0.948. The van der Waals surface area contributed by atoms with E-state index in [1.165, 1.54) is 0 Å². The van der Waals surface area contributed by atoms with Gasteiger partial charge in [-0.15, -0.1) is 0 Å². The number of hydrogen-bond acceptors (Lipinski definition) is 2. The van der Waals surface area contributed by atoms with E-state index < -0.39 is 0 Å². The second kappa shape index (κ2) is 2.21. The van der Waals surface area contributed by atoms with Gasteiger partial charge in [0.05, 0.1) is 5.41 Å². The Labute approximate surface area is 66.5 Å². The van der Waals surface area contributed by atoms with Gasteiger partial charge in [-0.2, -0.15) is 0 Å². The lowest BCUT2D eigenvalue weighted by molar-refractivity contribution is -0.141. The molecule has 0 bridgehead atoms. The van der Waals surface area contributed by atoms with Crippen LogP contribution in [0.2, 0.25) is 0 Å². The van der Waals surface area contributed by atoms with E-state index in [1.54, 1.807) is 0 Å². The molecule has 62 valence electrons. The van der Waals surface area contributed by atoms with Gasteiger partial charge in [0.15, 0.2) is 0 Å². The summed E-state index contributed by atoms with van der Waals surface area (Å²) >= 11 is 0. The maximum Gasteiger partial charge on any atom is 0.229 e. The van der Waals surface area contributed by atoms with E-state index in [2.05, 4.69) is 17.6 Å². The molecule has 0 aromatic heterocycles. The molecule has 0 aromatic carbocycles. The predicted octanol–water partition coefficient (Wildman–Crippen LogP) is -0.126. The van der Waals surface area contributed by atoms with Crippen LogP contribution in [-0.2, 0) is 4.79 Å². The van der Waals surface area contributed by atoms with Gasteiger partial charge in [-0.25, -0.2) is 0 Å². The molecular weight excluding hydrogens is 140 g/mol. The molecule has 0 aliphatic carbocycles. The smallest absolute Gasteiger partial charge is 0.229 e. The first-order valence-corrected chi connectivity index (χ1v) is 4.25. The number of rotatable bonds is 0. The molecule has 2 N–H and O–H groups in total. The van der Waals surface area contributed by atoms with Crippen LogP contribution < -0.4 is 10.6 Å². The van der Waals surface area contributed by atoms with Gasteiger partial charge in [-0.3, -0.25) is 4.79 Å². The van der Waals surface area contributed by atoms with Crippen molar-refractivity contribution in [2.75, 3.05) is 13.1 Å². The second-order valence-electron chi connectivity index (χ2n) is 3.78. The van der Waals surface area contributed by atoms with Gasteiger partial charge in [0.1, 0.15) is 0 Å². The minimum absolute atomic E-state index is 0.0213.